The lowest BCUT2D eigenvalue weighted by molar-refractivity contribution is 0.765. The summed E-state index contributed by atoms with van der Waals surface area (Å²) in [6, 6.07) is 11.0. The molecule has 1 nitrogen and oxygen atoms in total. The fourth-order valence-corrected chi connectivity index (χ4v) is 2.62. The fourth-order valence-electron chi connectivity index (χ4n) is 1.97. The molecule has 0 saturated heterocycles. The molecule has 0 aliphatic heterocycles. The lowest BCUT2D eigenvalue weighted by Gasteiger charge is -2.06. The highest BCUT2D eigenvalue weighted by atomic mass is 32.2. The first-order valence-corrected chi connectivity index (χ1v) is 6.67. The number of fused-ring (bicyclic) bond motifs is 1. The van der Waals surface area contributed by atoms with Crippen LogP contribution >= 0.6 is 11.8 Å². The van der Waals surface area contributed by atoms with E-state index in [0.717, 1.165) is 12.3 Å². The van der Waals surface area contributed by atoms with Gasteiger partial charge in [-0.25, -0.2) is 0 Å². The van der Waals surface area contributed by atoms with Gasteiger partial charge in [0.05, 0.1) is 0 Å². The van der Waals surface area contributed by atoms with Gasteiger partial charge in [-0.15, -0.1) is 0 Å². The van der Waals surface area contributed by atoms with Crippen LogP contribution in [0.4, 0.5) is 0 Å². The summed E-state index contributed by atoms with van der Waals surface area (Å²) < 4.78 is 2.41. The predicted octanol–water partition coefficient (Wildman–Crippen LogP) is 3.91. The topological polar surface area (TPSA) is 4.93 Å². The minimum atomic E-state index is 1.06. The van der Waals surface area contributed by atoms with Crippen molar-refractivity contribution in [1.29, 1.82) is 0 Å². The van der Waals surface area contributed by atoms with E-state index in [1.165, 1.54) is 22.3 Å². The van der Waals surface area contributed by atoms with Crippen LogP contribution in [-0.4, -0.2) is 10.3 Å². The van der Waals surface area contributed by atoms with Crippen molar-refractivity contribution in [3.8, 4) is 0 Å². The van der Waals surface area contributed by atoms with Crippen LogP contribution in [0.25, 0.3) is 10.9 Å². The van der Waals surface area contributed by atoms with E-state index < -0.39 is 0 Å². The summed E-state index contributed by atoms with van der Waals surface area (Å²) in [4.78, 5) is 0. The average molecular weight is 219 g/mol. The van der Waals surface area contributed by atoms with Crippen molar-refractivity contribution in [1.82, 2.24) is 4.57 Å². The molecule has 0 unspecified atom stereocenters. The molecule has 2 rings (SSSR count). The Hall–Kier alpha value is -0.890. The van der Waals surface area contributed by atoms with Crippen LogP contribution < -0.4 is 0 Å². The fraction of sp³-hybridized carbons (Fsp3) is 0.385. The van der Waals surface area contributed by atoms with Crippen molar-refractivity contribution in [3.05, 3.63) is 36.0 Å². The van der Waals surface area contributed by atoms with Gasteiger partial charge in [-0.3, -0.25) is 0 Å². The number of hydrogen-bond donors (Lipinski definition) is 0. The molecule has 0 spiro atoms. The summed E-state index contributed by atoms with van der Waals surface area (Å²) in [6.07, 6.45) is 0. The van der Waals surface area contributed by atoms with Crippen LogP contribution in [0, 0.1) is 0 Å². The Balaban J connectivity index is 2.44. The van der Waals surface area contributed by atoms with Gasteiger partial charge in [0.25, 0.3) is 0 Å². The van der Waals surface area contributed by atoms with E-state index in [9.17, 15) is 0 Å². The molecule has 1 aromatic carbocycles. The number of thioether (sulfide) groups is 1. The predicted molar refractivity (Wildman–Crippen MR) is 69.4 cm³/mol. The molecule has 1 heterocycles. The zero-order valence-corrected chi connectivity index (χ0v) is 10.2. The molecule has 0 radical (unpaired) electrons. The summed E-state index contributed by atoms with van der Waals surface area (Å²) in [5, 5.41) is 1.37. The van der Waals surface area contributed by atoms with Gasteiger partial charge in [0.1, 0.15) is 0 Å². The monoisotopic (exact) mass is 219 g/mol. The van der Waals surface area contributed by atoms with E-state index in [1.807, 2.05) is 11.8 Å². The van der Waals surface area contributed by atoms with Gasteiger partial charge in [0.15, 0.2) is 0 Å². The van der Waals surface area contributed by atoms with Gasteiger partial charge in [0, 0.05) is 23.5 Å². The first-order valence-electron chi connectivity index (χ1n) is 5.51. The summed E-state index contributed by atoms with van der Waals surface area (Å²) in [5.41, 5.74) is 2.82. The summed E-state index contributed by atoms with van der Waals surface area (Å²) >= 11 is 1.99. The second-order valence-electron chi connectivity index (χ2n) is 3.58. The Morgan fingerprint density at radius 2 is 2.00 bits per heavy atom. The molecule has 1 aromatic heterocycles. The second-order valence-corrected chi connectivity index (χ2v) is 4.85. The average Bonchev–Trinajstić information content (AvgIpc) is 2.63. The van der Waals surface area contributed by atoms with Crippen LogP contribution in [0.15, 0.2) is 30.3 Å². The van der Waals surface area contributed by atoms with Crippen LogP contribution in [0.1, 0.15) is 19.5 Å². The highest BCUT2D eigenvalue weighted by Gasteiger charge is 2.05. The minimum absolute atomic E-state index is 1.06. The Labute approximate surface area is 95.5 Å². The maximum absolute atomic E-state index is 2.41. The first-order chi connectivity index (χ1) is 7.36. The summed E-state index contributed by atoms with van der Waals surface area (Å²) in [7, 11) is 0. The van der Waals surface area contributed by atoms with Crippen molar-refractivity contribution >= 4 is 22.7 Å². The number of nitrogens with zero attached hydrogens (tertiary/aromatic N) is 1. The summed E-state index contributed by atoms with van der Waals surface area (Å²) in [6.45, 7) is 5.49. The number of benzene rings is 1. The smallest absolute Gasteiger partial charge is 0.0482 e. The van der Waals surface area contributed by atoms with Crippen molar-refractivity contribution < 1.29 is 0 Å². The van der Waals surface area contributed by atoms with Crippen molar-refractivity contribution in [2.24, 2.45) is 0 Å². The molecule has 0 saturated carbocycles. The van der Waals surface area contributed by atoms with E-state index >= 15 is 0 Å². The molecular weight excluding hydrogens is 202 g/mol. The molecule has 0 aliphatic carbocycles. The standard InChI is InChI=1S/C13H17NS/c1-3-14-12(10-15-4-2)9-11-7-5-6-8-13(11)14/h5-9H,3-4,10H2,1-2H3. The lowest BCUT2D eigenvalue weighted by Crippen LogP contribution is -1.98. The Morgan fingerprint density at radius 3 is 2.73 bits per heavy atom. The number of aryl methyl sites for hydroxylation is 1. The SMILES string of the molecule is CCSCc1cc2ccccc2n1CC. The zero-order chi connectivity index (χ0) is 10.7. The van der Waals surface area contributed by atoms with E-state index in [2.05, 4.69) is 48.7 Å². The molecule has 15 heavy (non-hydrogen) atoms. The molecule has 2 heteroatoms. The largest absolute Gasteiger partial charge is 0.344 e. The highest BCUT2D eigenvalue weighted by Crippen LogP contribution is 2.22. The third-order valence-electron chi connectivity index (χ3n) is 2.67. The lowest BCUT2D eigenvalue weighted by atomic mass is 10.2. The molecule has 80 valence electrons. The highest BCUT2D eigenvalue weighted by molar-refractivity contribution is 7.98. The molecule has 0 bridgehead atoms. The van der Waals surface area contributed by atoms with Crippen LogP contribution in [0.3, 0.4) is 0 Å². The molecule has 0 N–H and O–H groups in total. The first kappa shape index (κ1) is 10.6. The van der Waals surface area contributed by atoms with Gasteiger partial charge in [-0.1, -0.05) is 25.1 Å². The number of aromatic nitrogens is 1. The van der Waals surface area contributed by atoms with E-state index in [0.29, 0.717) is 0 Å². The van der Waals surface area contributed by atoms with Crippen LogP contribution in [0.2, 0.25) is 0 Å². The van der Waals surface area contributed by atoms with E-state index in [4.69, 9.17) is 0 Å². The second kappa shape index (κ2) is 4.75. The summed E-state index contributed by atoms with van der Waals surface area (Å²) in [5.74, 6) is 2.31. The van der Waals surface area contributed by atoms with Crippen LogP contribution in [-0.2, 0) is 12.3 Å². The molecule has 0 amide bonds. The Kier molecular flexibility index (Phi) is 3.37. The zero-order valence-electron chi connectivity index (χ0n) is 9.36. The van der Waals surface area contributed by atoms with Gasteiger partial charge >= 0.3 is 0 Å². The van der Waals surface area contributed by atoms with E-state index in [1.54, 1.807) is 0 Å². The maximum atomic E-state index is 2.41. The molecule has 0 fully saturated rings. The van der Waals surface area contributed by atoms with Gasteiger partial charge < -0.3 is 4.57 Å². The number of rotatable bonds is 4. The van der Waals surface area contributed by atoms with E-state index in [-0.39, 0.29) is 0 Å². The van der Waals surface area contributed by atoms with Gasteiger partial charge in [-0.2, -0.15) is 11.8 Å². The van der Waals surface area contributed by atoms with Crippen LogP contribution in [0.5, 0.6) is 0 Å². The van der Waals surface area contributed by atoms with Crippen molar-refractivity contribution in [2.75, 3.05) is 5.75 Å². The number of para-hydroxylation sites is 1. The molecule has 2 aromatic rings. The third-order valence-corrected chi connectivity index (χ3v) is 3.57. The van der Waals surface area contributed by atoms with Gasteiger partial charge in [0.2, 0.25) is 0 Å². The molecular formula is C13H17NS. The third kappa shape index (κ3) is 2.05. The molecule has 0 aliphatic rings. The van der Waals surface area contributed by atoms with Crippen molar-refractivity contribution in [2.45, 2.75) is 26.1 Å². The van der Waals surface area contributed by atoms with Gasteiger partial charge in [-0.05, 0) is 30.2 Å². The Morgan fingerprint density at radius 1 is 1.20 bits per heavy atom. The molecule has 0 atom stereocenters. The normalized spacial score (nSPS) is 11.1. The minimum Gasteiger partial charge on any atom is -0.344 e. The van der Waals surface area contributed by atoms with Crippen molar-refractivity contribution in [3.63, 3.8) is 0 Å². The number of hydrogen-bond acceptors (Lipinski definition) is 1. The quantitative estimate of drug-likeness (QED) is 0.754. The Bertz CT molecular complexity index is 445. The maximum Gasteiger partial charge on any atom is 0.0482 e.